The van der Waals surface area contributed by atoms with Crippen LogP contribution in [0.3, 0.4) is 0 Å². The van der Waals surface area contributed by atoms with E-state index in [4.69, 9.17) is 5.73 Å². The maximum atomic E-state index is 5.87. The van der Waals surface area contributed by atoms with Crippen molar-refractivity contribution in [2.75, 3.05) is 5.73 Å². The predicted molar refractivity (Wildman–Crippen MR) is 62.3 cm³/mol. The van der Waals surface area contributed by atoms with Gasteiger partial charge in [0.15, 0.2) is 5.82 Å². The summed E-state index contributed by atoms with van der Waals surface area (Å²) in [6, 6.07) is 5.84. The third-order valence-corrected chi connectivity index (χ3v) is 2.52. The van der Waals surface area contributed by atoms with E-state index in [9.17, 15) is 0 Å². The highest BCUT2D eigenvalue weighted by Crippen LogP contribution is 2.16. The Morgan fingerprint density at radius 3 is 2.88 bits per heavy atom. The number of hydrogen-bond acceptors (Lipinski definition) is 4. The van der Waals surface area contributed by atoms with Crippen LogP contribution in [0.1, 0.15) is 24.7 Å². The molecule has 0 saturated heterocycles. The van der Waals surface area contributed by atoms with E-state index in [-0.39, 0.29) is 0 Å². The smallest absolute Gasteiger partial charge is 0.156 e. The molecule has 1 aromatic heterocycles. The summed E-state index contributed by atoms with van der Waals surface area (Å²) in [5.74, 6) is 0.866. The van der Waals surface area contributed by atoms with Crippen LogP contribution in [0.15, 0.2) is 18.2 Å². The van der Waals surface area contributed by atoms with E-state index >= 15 is 0 Å². The third kappa shape index (κ3) is 1.88. The first kappa shape index (κ1) is 10.6. The molecule has 2 rings (SSSR count). The second kappa shape index (κ2) is 4.30. The molecule has 0 aliphatic heterocycles. The Hall–Kier alpha value is -1.91. The summed E-state index contributed by atoms with van der Waals surface area (Å²) in [6.07, 6.45) is 1.88. The third-order valence-electron chi connectivity index (χ3n) is 2.52. The molecule has 1 heterocycles. The molecule has 0 aliphatic carbocycles. The number of nitrogen functional groups attached to an aromatic ring is 1. The van der Waals surface area contributed by atoms with Crippen LogP contribution in [0.5, 0.6) is 0 Å². The van der Waals surface area contributed by atoms with Gasteiger partial charge in [0, 0.05) is 12.1 Å². The Morgan fingerprint density at radius 1 is 1.38 bits per heavy atom. The first-order valence-electron chi connectivity index (χ1n) is 5.36. The summed E-state index contributed by atoms with van der Waals surface area (Å²) in [6.45, 7) is 4.08. The second-order valence-corrected chi connectivity index (χ2v) is 3.80. The number of nitrogens with two attached hydrogens (primary N) is 1. The highest BCUT2D eigenvalue weighted by atomic mass is 15.5. The van der Waals surface area contributed by atoms with E-state index in [1.807, 2.05) is 25.1 Å². The molecular formula is C11H15N5. The van der Waals surface area contributed by atoms with Gasteiger partial charge in [-0.15, -0.1) is 5.10 Å². The fourth-order valence-corrected chi connectivity index (χ4v) is 1.55. The van der Waals surface area contributed by atoms with Crippen LogP contribution in [-0.2, 0) is 6.42 Å². The largest absolute Gasteiger partial charge is 0.398 e. The predicted octanol–water partition coefficient (Wildman–Crippen LogP) is 1.51. The molecule has 0 bridgehead atoms. The number of aryl methyl sites for hydroxylation is 2. The molecule has 5 heteroatoms. The summed E-state index contributed by atoms with van der Waals surface area (Å²) in [7, 11) is 0. The van der Waals surface area contributed by atoms with E-state index in [0.717, 1.165) is 35.6 Å². The summed E-state index contributed by atoms with van der Waals surface area (Å²) >= 11 is 0. The van der Waals surface area contributed by atoms with Gasteiger partial charge in [-0.2, -0.15) is 4.68 Å². The van der Waals surface area contributed by atoms with Crippen molar-refractivity contribution in [1.29, 1.82) is 0 Å². The molecule has 0 saturated carbocycles. The molecule has 16 heavy (non-hydrogen) atoms. The molecule has 2 N–H and O–H groups in total. The zero-order valence-electron chi connectivity index (χ0n) is 9.51. The molecular weight excluding hydrogens is 202 g/mol. The van der Waals surface area contributed by atoms with Gasteiger partial charge in [0.2, 0.25) is 0 Å². The Kier molecular flexibility index (Phi) is 2.85. The van der Waals surface area contributed by atoms with E-state index in [1.54, 1.807) is 4.68 Å². The number of tetrazole rings is 1. The molecule has 1 aromatic carbocycles. The SMILES string of the molecule is CCCc1nnnn1-c1ccc(C)c(N)c1. The van der Waals surface area contributed by atoms with Gasteiger partial charge >= 0.3 is 0 Å². The molecule has 0 unspecified atom stereocenters. The molecule has 2 aromatic rings. The van der Waals surface area contributed by atoms with Crippen molar-refractivity contribution in [1.82, 2.24) is 20.2 Å². The van der Waals surface area contributed by atoms with E-state index in [1.165, 1.54) is 0 Å². The zero-order valence-corrected chi connectivity index (χ0v) is 9.51. The fourth-order valence-electron chi connectivity index (χ4n) is 1.55. The van der Waals surface area contributed by atoms with Gasteiger partial charge in [0.25, 0.3) is 0 Å². The Bertz CT molecular complexity index is 489. The molecule has 0 amide bonds. The number of hydrogen-bond donors (Lipinski definition) is 1. The standard InChI is InChI=1S/C11H15N5/c1-3-4-11-13-14-15-16(11)9-6-5-8(2)10(12)7-9/h5-7H,3-4,12H2,1-2H3. The molecule has 0 fully saturated rings. The van der Waals surface area contributed by atoms with Crippen LogP contribution in [0.4, 0.5) is 5.69 Å². The minimum atomic E-state index is 0.760. The highest BCUT2D eigenvalue weighted by Gasteiger charge is 2.07. The van der Waals surface area contributed by atoms with Crippen molar-refractivity contribution >= 4 is 5.69 Å². The number of nitrogens with zero attached hydrogens (tertiary/aromatic N) is 4. The van der Waals surface area contributed by atoms with E-state index in [2.05, 4.69) is 22.4 Å². The average Bonchev–Trinajstić information content (AvgIpc) is 2.71. The Labute approximate surface area is 94.3 Å². The minimum absolute atomic E-state index is 0.760. The number of rotatable bonds is 3. The van der Waals surface area contributed by atoms with Crippen molar-refractivity contribution in [2.24, 2.45) is 0 Å². The van der Waals surface area contributed by atoms with Gasteiger partial charge in [-0.1, -0.05) is 13.0 Å². The maximum absolute atomic E-state index is 5.87. The normalized spacial score (nSPS) is 10.6. The van der Waals surface area contributed by atoms with Crippen LogP contribution >= 0.6 is 0 Å². The maximum Gasteiger partial charge on any atom is 0.156 e. The fraction of sp³-hybridized carbons (Fsp3) is 0.364. The van der Waals surface area contributed by atoms with Crippen molar-refractivity contribution in [3.63, 3.8) is 0 Å². The zero-order chi connectivity index (χ0) is 11.5. The van der Waals surface area contributed by atoms with Gasteiger partial charge in [-0.3, -0.25) is 0 Å². The first-order valence-corrected chi connectivity index (χ1v) is 5.36. The Morgan fingerprint density at radius 2 is 2.19 bits per heavy atom. The quantitative estimate of drug-likeness (QED) is 0.791. The van der Waals surface area contributed by atoms with Crippen molar-refractivity contribution < 1.29 is 0 Å². The lowest BCUT2D eigenvalue weighted by molar-refractivity contribution is 0.745. The number of aromatic nitrogens is 4. The summed E-state index contributed by atoms with van der Waals surface area (Å²) in [4.78, 5) is 0. The lowest BCUT2D eigenvalue weighted by Crippen LogP contribution is -2.04. The van der Waals surface area contributed by atoms with Crippen LogP contribution in [-0.4, -0.2) is 20.2 Å². The monoisotopic (exact) mass is 217 g/mol. The van der Waals surface area contributed by atoms with Gasteiger partial charge in [0.1, 0.15) is 0 Å². The van der Waals surface area contributed by atoms with Crippen LogP contribution in [0.2, 0.25) is 0 Å². The topological polar surface area (TPSA) is 69.6 Å². The molecule has 0 atom stereocenters. The molecule has 84 valence electrons. The number of anilines is 1. The van der Waals surface area contributed by atoms with Gasteiger partial charge in [-0.05, 0) is 41.5 Å². The molecule has 5 nitrogen and oxygen atoms in total. The Balaban J connectivity index is 2.42. The first-order chi connectivity index (χ1) is 7.72. The van der Waals surface area contributed by atoms with Gasteiger partial charge in [-0.25, -0.2) is 0 Å². The van der Waals surface area contributed by atoms with Crippen LogP contribution in [0.25, 0.3) is 5.69 Å². The number of benzene rings is 1. The van der Waals surface area contributed by atoms with E-state index < -0.39 is 0 Å². The lowest BCUT2D eigenvalue weighted by Gasteiger charge is -2.06. The van der Waals surface area contributed by atoms with Gasteiger partial charge in [0.05, 0.1) is 5.69 Å². The van der Waals surface area contributed by atoms with Crippen molar-refractivity contribution in [3.8, 4) is 5.69 Å². The summed E-state index contributed by atoms with van der Waals surface area (Å²) < 4.78 is 1.74. The summed E-state index contributed by atoms with van der Waals surface area (Å²) in [5.41, 5.74) is 8.61. The molecule has 0 spiro atoms. The minimum Gasteiger partial charge on any atom is -0.398 e. The van der Waals surface area contributed by atoms with Crippen LogP contribution in [0, 0.1) is 6.92 Å². The summed E-state index contributed by atoms with van der Waals surface area (Å²) in [5, 5.41) is 11.7. The average molecular weight is 217 g/mol. The van der Waals surface area contributed by atoms with Crippen molar-refractivity contribution in [2.45, 2.75) is 26.7 Å². The highest BCUT2D eigenvalue weighted by molar-refractivity contribution is 5.53. The van der Waals surface area contributed by atoms with Crippen LogP contribution < -0.4 is 5.73 Å². The van der Waals surface area contributed by atoms with Gasteiger partial charge < -0.3 is 5.73 Å². The lowest BCUT2D eigenvalue weighted by atomic mass is 10.2. The molecule has 0 radical (unpaired) electrons. The van der Waals surface area contributed by atoms with E-state index in [0.29, 0.717) is 0 Å². The second-order valence-electron chi connectivity index (χ2n) is 3.80. The molecule has 0 aliphatic rings. The van der Waals surface area contributed by atoms with Crippen molar-refractivity contribution in [3.05, 3.63) is 29.6 Å².